The van der Waals surface area contributed by atoms with E-state index in [1.165, 1.54) is 6.20 Å². The van der Waals surface area contributed by atoms with Crippen molar-refractivity contribution in [2.45, 2.75) is 18.9 Å². The molecule has 1 fully saturated rings. The number of likely N-dealkylation sites (tertiary alicyclic amines) is 1. The Kier molecular flexibility index (Phi) is 3.37. The molecule has 1 saturated heterocycles. The fraction of sp³-hybridized carbons (Fsp3) is 0.417. The number of aromatic nitrogens is 1. The topological polar surface area (TPSA) is 62.3 Å². The Labute approximate surface area is 99.8 Å². The van der Waals surface area contributed by atoms with Crippen LogP contribution in [-0.4, -0.2) is 41.3 Å². The van der Waals surface area contributed by atoms with Gasteiger partial charge in [0.1, 0.15) is 6.04 Å². The third-order valence-electron chi connectivity index (χ3n) is 2.97. The maximum atomic E-state index is 12.2. The highest BCUT2D eigenvalue weighted by Gasteiger charge is 2.33. The number of likely N-dealkylation sites (N-methyl/N-ethyl adjacent to an activating group) is 1. The molecule has 90 valence electrons. The molecule has 0 spiro atoms. The van der Waals surface area contributed by atoms with Gasteiger partial charge in [-0.3, -0.25) is 14.6 Å². The van der Waals surface area contributed by atoms with Crippen molar-refractivity contribution in [1.29, 1.82) is 0 Å². The summed E-state index contributed by atoms with van der Waals surface area (Å²) < 4.78 is 0. The summed E-state index contributed by atoms with van der Waals surface area (Å²) in [4.78, 5) is 29.4. The Morgan fingerprint density at radius 1 is 1.53 bits per heavy atom. The van der Waals surface area contributed by atoms with Gasteiger partial charge in [0.05, 0.1) is 5.56 Å². The molecule has 0 saturated carbocycles. The van der Waals surface area contributed by atoms with Gasteiger partial charge in [0, 0.05) is 26.0 Å². The lowest BCUT2D eigenvalue weighted by molar-refractivity contribution is -0.124. The van der Waals surface area contributed by atoms with E-state index in [1.807, 2.05) is 0 Å². The van der Waals surface area contributed by atoms with Gasteiger partial charge in [-0.25, -0.2) is 0 Å². The van der Waals surface area contributed by atoms with E-state index in [4.69, 9.17) is 0 Å². The second kappa shape index (κ2) is 4.95. The van der Waals surface area contributed by atoms with Crippen LogP contribution in [0.1, 0.15) is 23.2 Å². The molecule has 0 radical (unpaired) electrons. The molecule has 2 heterocycles. The second-order valence-electron chi connectivity index (χ2n) is 4.01. The second-order valence-corrected chi connectivity index (χ2v) is 4.01. The number of amides is 2. The Hall–Kier alpha value is -1.91. The number of rotatable bonds is 2. The number of carbonyl (C=O) groups is 2. The van der Waals surface area contributed by atoms with Crippen molar-refractivity contribution in [3.05, 3.63) is 30.1 Å². The van der Waals surface area contributed by atoms with E-state index in [0.29, 0.717) is 12.1 Å². The summed E-state index contributed by atoms with van der Waals surface area (Å²) in [6, 6.07) is 3.10. The smallest absolute Gasteiger partial charge is 0.256 e. The van der Waals surface area contributed by atoms with Gasteiger partial charge in [-0.15, -0.1) is 0 Å². The quantitative estimate of drug-likeness (QED) is 0.806. The monoisotopic (exact) mass is 233 g/mol. The molecular weight excluding hydrogens is 218 g/mol. The highest BCUT2D eigenvalue weighted by atomic mass is 16.2. The summed E-state index contributed by atoms with van der Waals surface area (Å²) in [7, 11) is 1.59. The van der Waals surface area contributed by atoms with Crippen LogP contribution >= 0.6 is 0 Å². The first-order valence-electron chi connectivity index (χ1n) is 5.66. The number of pyridine rings is 1. The fourth-order valence-corrected chi connectivity index (χ4v) is 2.10. The molecule has 2 rings (SSSR count). The van der Waals surface area contributed by atoms with Crippen LogP contribution in [0.15, 0.2) is 24.5 Å². The molecular formula is C12H15N3O2. The average Bonchev–Trinajstić information content (AvgIpc) is 2.87. The van der Waals surface area contributed by atoms with Gasteiger partial charge in [0.25, 0.3) is 5.91 Å². The van der Waals surface area contributed by atoms with Crippen LogP contribution in [0, 0.1) is 0 Å². The lowest BCUT2D eigenvalue weighted by Crippen LogP contribution is -2.44. The van der Waals surface area contributed by atoms with Crippen LogP contribution in [-0.2, 0) is 4.79 Å². The largest absolute Gasteiger partial charge is 0.357 e. The normalized spacial score (nSPS) is 19.1. The van der Waals surface area contributed by atoms with E-state index in [1.54, 1.807) is 30.3 Å². The number of hydrogen-bond donors (Lipinski definition) is 1. The van der Waals surface area contributed by atoms with E-state index in [0.717, 1.165) is 12.8 Å². The Morgan fingerprint density at radius 2 is 2.35 bits per heavy atom. The molecule has 0 aromatic carbocycles. The molecule has 1 aromatic rings. The van der Waals surface area contributed by atoms with E-state index >= 15 is 0 Å². The van der Waals surface area contributed by atoms with Crippen molar-refractivity contribution in [3.63, 3.8) is 0 Å². The Balaban J connectivity index is 2.17. The number of hydrogen-bond acceptors (Lipinski definition) is 3. The Morgan fingerprint density at radius 3 is 3.00 bits per heavy atom. The van der Waals surface area contributed by atoms with Crippen LogP contribution in [0.5, 0.6) is 0 Å². The van der Waals surface area contributed by atoms with Crippen molar-refractivity contribution in [2.75, 3.05) is 13.6 Å². The van der Waals surface area contributed by atoms with Crippen molar-refractivity contribution < 1.29 is 9.59 Å². The highest BCUT2D eigenvalue weighted by Crippen LogP contribution is 2.19. The molecule has 0 bridgehead atoms. The minimum atomic E-state index is -0.340. The maximum absolute atomic E-state index is 12.2. The van der Waals surface area contributed by atoms with Crippen LogP contribution in [0.2, 0.25) is 0 Å². The predicted molar refractivity (Wildman–Crippen MR) is 62.4 cm³/mol. The summed E-state index contributed by atoms with van der Waals surface area (Å²) in [5, 5.41) is 2.59. The van der Waals surface area contributed by atoms with E-state index in [-0.39, 0.29) is 17.9 Å². The van der Waals surface area contributed by atoms with Gasteiger partial charge in [-0.1, -0.05) is 0 Å². The zero-order chi connectivity index (χ0) is 12.3. The zero-order valence-electron chi connectivity index (χ0n) is 9.72. The van der Waals surface area contributed by atoms with Crippen molar-refractivity contribution in [3.8, 4) is 0 Å². The minimum absolute atomic E-state index is 0.0975. The van der Waals surface area contributed by atoms with Crippen molar-refractivity contribution in [2.24, 2.45) is 0 Å². The third kappa shape index (κ3) is 2.27. The molecule has 5 heteroatoms. The van der Waals surface area contributed by atoms with Crippen LogP contribution in [0.25, 0.3) is 0 Å². The fourth-order valence-electron chi connectivity index (χ4n) is 2.10. The molecule has 1 aliphatic heterocycles. The Bertz CT molecular complexity index is 419. The molecule has 2 amide bonds. The minimum Gasteiger partial charge on any atom is -0.357 e. The standard InChI is InChI=1S/C12H15N3O2/c1-13-11(16)10-5-3-7-15(10)12(17)9-4-2-6-14-8-9/h2,4,6,8,10H,3,5,7H2,1H3,(H,13,16). The van der Waals surface area contributed by atoms with Gasteiger partial charge < -0.3 is 10.2 Å². The van der Waals surface area contributed by atoms with Crippen molar-refractivity contribution in [1.82, 2.24) is 15.2 Å². The predicted octanol–water partition coefficient (Wildman–Crippen LogP) is 0.432. The number of carbonyl (C=O) groups excluding carboxylic acids is 2. The van der Waals surface area contributed by atoms with E-state index < -0.39 is 0 Å². The van der Waals surface area contributed by atoms with Crippen LogP contribution in [0.3, 0.4) is 0 Å². The first-order chi connectivity index (χ1) is 8.24. The van der Waals surface area contributed by atoms with E-state index in [2.05, 4.69) is 10.3 Å². The molecule has 0 aliphatic carbocycles. The molecule has 1 aliphatic rings. The summed E-state index contributed by atoms with van der Waals surface area (Å²) in [5.74, 6) is -0.219. The van der Waals surface area contributed by atoms with Gasteiger partial charge in [-0.2, -0.15) is 0 Å². The highest BCUT2D eigenvalue weighted by molar-refractivity contribution is 5.97. The first-order valence-corrected chi connectivity index (χ1v) is 5.66. The summed E-state index contributed by atoms with van der Waals surface area (Å²) in [6.07, 6.45) is 4.74. The SMILES string of the molecule is CNC(=O)C1CCCN1C(=O)c1cccnc1. The van der Waals surface area contributed by atoms with Gasteiger partial charge >= 0.3 is 0 Å². The molecule has 5 nitrogen and oxygen atoms in total. The van der Waals surface area contributed by atoms with E-state index in [9.17, 15) is 9.59 Å². The number of nitrogens with zero attached hydrogens (tertiary/aromatic N) is 2. The molecule has 1 N–H and O–H groups in total. The average molecular weight is 233 g/mol. The van der Waals surface area contributed by atoms with Gasteiger partial charge in [0.2, 0.25) is 5.91 Å². The van der Waals surface area contributed by atoms with Crippen LogP contribution in [0.4, 0.5) is 0 Å². The first kappa shape index (κ1) is 11.6. The maximum Gasteiger partial charge on any atom is 0.256 e. The summed E-state index contributed by atoms with van der Waals surface area (Å²) in [6.45, 7) is 0.631. The molecule has 1 atom stereocenters. The van der Waals surface area contributed by atoms with Crippen molar-refractivity contribution >= 4 is 11.8 Å². The molecule has 17 heavy (non-hydrogen) atoms. The van der Waals surface area contributed by atoms with Gasteiger partial charge in [0.15, 0.2) is 0 Å². The van der Waals surface area contributed by atoms with Gasteiger partial charge in [-0.05, 0) is 25.0 Å². The lowest BCUT2D eigenvalue weighted by Gasteiger charge is -2.23. The third-order valence-corrected chi connectivity index (χ3v) is 2.97. The summed E-state index contributed by atoms with van der Waals surface area (Å²) in [5.41, 5.74) is 0.531. The lowest BCUT2D eigenvalue weighted by atomic mass is 10.2. The number of nitrogens with one attached hydrogen (secondary N) is 1. The zero-order valence-corrected chi connectivity index (χ0v) is 9.72. The molecule has 1 unspecified atom stereocenters. The van der Waals surface area contributed by atoms with Crippen LogP contribution < -0.4 is 5.32 Å². The summed E-state index contributed by atoms with van der Waals surface area (Å²) >= 11 is 0. The molecule has 1 aromatic heterocycles.